The number of hydrogen-bond acceptors (Lipinski definition) is 2. The molecule has 0 saturated carbocycles. The Morgan fingerprint density at radius 1 is 1.35 bits per heavy atom. The quantitative estimate of drug-likeness (QED) is 0.754. The van der Waals surface area contributed by atoms with Crippen LogP contribution < -0.4 is 0 Å². The molecule has 1 rings (SSSR count). The molecule has 0 aromatic heterocycles. The van der Waals surface area contributed by atoms with E-state index in [2.05, 4.69) is 15.9 Å². The van der Waals surface area contributed by atoms with Gasteiger partial charge < -0.3 is 0 Å². The molecular weight excluding hydrogens is 349 g/mol. The number of sulfonamides is 1. The summed E-state index contributed by atoms with van der Waals surface area (Å²) in [6, 6.07) is 4.40. The second-order valence-corrected chi connectivity index (χ2v) is 7.09. The predicted octanol–water partition coefficient (Wildman–Crippen LogP) is 3.40. The molecule has 0 saturated heterocycles. The van der Waals surface area contributed by atoms with E-state index < -0.39 is 10.0 Å². The van der Waals surface area contributed by atoms with Crippen LogP contribution in [0.2, 0.25) is 10.0 Å². The SMILES string of the molecule is CN(CCCBr)S(=O)(=O)c1cc(Cl)ccc1Cl. The molecule has 0 fully saturated rings. The number of rotatable bonds is 5. The Bertz CT molecular complexity index is 493. The molecule has 0 radical (unpaired) electrons. The minimum absolute atomic E-state index is 0.0451. The van der Waals surface area contributed by atoms with Gasteiger partial charge in [-0.2, -0.15) is 0 Å². The van der Waals surface area contributed by atoms with Crippen LogP contribution in [0.3, 0.4) is 0 Å². The lowest BCUT2D eigenvalue weighted by molar-refractivity contribution is 0.470. The van der Waals surface area contributed by atoms with Crippen LogP contribution in [-0.4, -0.2) is 31.6 Å². The van der Waals surface area contributed by atoms with Gasteiger partial charge in [0.05, 0.1) is 5.02 Å². The second-order valence-electron chi connectivity index (χ2n) is 3.44. The number of halogens is 3. The Morgan fingerprint density at radius 3 is 2.59 bits per heavy atom. The third-order valence-corrected chi connectivity index (χ3v) is 5.32. The topological polar surface area (TPSA) is 37.4 Å². The fourth-order valence-corrected chi connectivity index (χ4v) is 3.44. The van der Waals surface area contributed by atoms with E-state index in [9.17, 15) is 8.42 Å². The molecule has 1 aromatic carbocycles. The van der Waals surface area contributed by atoms with Crippen molar-refractivity contribution in [3.05, 3.63) is 28.2 Å². The summed E-state index contributed by atoms with van der Waals surface area (Å²) in [7, 11) is -2.05. The molecule has 96 valence electrons. The highest BCUT2D eigenvalue weighted by atomic mass is 79.9. The van der Waals surface area contributed by atoms with E-state index in [1.54, 1.807) is 6.07 Å². The molecule has 0 atom stereocenters. The van der Waals surface area contributed by atoms with Crippen LogP contribution in [0.25, 0.3) is 0 Å². The average Bonchev–Trinajstić information content (AvgIpc) is 2.28. The van der Waals surface area contributed by atoms with Gasteiger partial charge in [0.1, 0.15) is 4.90 Å². The minimum atomic E-state index is -3.57. The molecule has 7 heteroatoms. The van der Waals surface area contributed by atoms with Crippen LogP contribution in [-0.2, 0) is 10.0 Å². The molecule has 0 heterocycles. The first-order valence-corrected chi connectivity index (χ1v) is 8.18. The van der Waals surface area contributed by atoms with E-state index in [4.69, 9.17) is 23.2 Å². The summed E-state index contributed by atoms with van der Waals surface area (Å²) in [5, 5.41) is 1.28. The third kappa shape index (κ3) is 3.83. The molecule has 0 aliphatic heterocycles. The van der Waals surface area contributed by atoms with Gasteiger partial charge in [0, 0.05) is 23.9 Å². The van der Waals surface area contributed by atoms with Gasteiger partial charge in [-0.15, -0.1) is 0 Å². The van der Waals surface area contributed by atoms with Crippen LogP contribution in [0.15, 0.2) is 23.1 Å². The van der Waals surface area contributed by atoms with Crippen molar-refractivity contribution >= 4 is 49.2 Å². The summed E-state index contributed by atoms with van der Waals surface area (Å²) in [5.41, 5.74) is 0. The fraction of sp³-hybridized carbons (Fsp3) is 0.400. The monoisotopic (exact) mass is 359 g/mol. The lowest BCUT2D eigenvalue weighted by atomic mass is 10.4. The fourth-order valence-electron chi connectivity index (χ4n) is 1.25. The molecule has 0 bridgehead atoms. The van der Waals surface area contributed by atoms with Crippen LogP contribution in [0.1, 0.15) is 6.42 Å². The number of hydrogen-bond donors (Lipinski definition) is 0. The third-order valence-electron chi connectivity index (χ3n) is 2.19. The van der Waals surface area contributed by atoms with E-state index in [0.717, 1.165) is 11.8 Å². The van der Waals surface area contributed by atoms with Crippen molar-refractivity contribution in [3.8, 4) is 0 Å². The summed E-state index contributed by atoms with van der Waals surface area (Å²) in [4.78, 5) is 0.0451. The highest BCUT2D eigenvalue weighted by Crippen LogP contribution is 2.27. The Labute approximate surface area is 120 Å². The zero-order chi connectivity index (χ0) is 13.1. The molecule has 0 unspecified atom stereocenters. The highest BCUT2D eigenvalue weighted by Gasteiger charge is 2.23. The van der Waals surface area contributed by atoms with Gasteiger partial charge in [-0.25, -0.2) is 12.7 Å². The van der Waals surface area contributed by atoms with E-state index in [0.29, 0.717) is 11.6 Å². The molecule has 1 aromatic rings. The van der Waals surface area contributed by atoms with Gasteiger partial charge in [0.15, 0.2) is 0 Å². The Hall–Kier alpha value is 0.190. The smallest absolute Gasteiger partial charge is 0.207 e. The predicted molar refractivity (Wildman–Crippen MR) is 74.7 cm³/mol. The lowest BCUT2D eigenvalue weighted by Crippen LogP contribution is -2.28. The van der Waals surface area contributed by atoms with Crippen molar-refractivity contribution in [2.24, 2.45) is 0 Å². The van der Waals surface area contributed by atoms with Gasteiger partial charge in [0.25, 0.3) is 0 Å². The number of alkyl halides is 1. The summed E-state index contributed by atoms with van der Waals surface area (Å²) in [6.45, 7) is 0.427. The van der Waals surface area contributed by atoms with Crippen molar-refractivity contribution in [1.82, 2.24) is 4.31 Å². The van der Waals surface area contributed by atoms with Crippen molar-refractivity contribution in [2.75, 3.05) is 18.9 Å². The van der Waals surface area contributed by atoms with Crippen LogP contribution >= 0.6 is 39.1 Å². The first kappa shape index (κ1) is 15.2. The van der Waals surface area contributed by atoms with Crippen molar-refractivity contribution in [1.29, 1.82) is 0 Å². The maximum Gasteiger partial charge on any atom is 0.244 e. The van der Waals surface area contributed by atoms with Gasteiger partial charge in [-0.05, 0) is 24.6 Å². The summed E-state index contributed by atoms with van der Waals surface area (Å²) in [5.74, 6) is 0. The zero-order valence-electron chi connectivity index (χ0n) is 9.16. The zero-order valence-corrected chi connectivity index (χ0v) is 13.1. The van der Waals surface area contributed by atoms with E-state index in [1.165, 1.54) is 23.5 Å². The van der Waals surface area contributed by atoms with Crippen molar-refractivity contribution in [2.45, 2.75) is 11.3 Å². The molecule has 0 aliphatic carbocycles. The Morgan fingerprint density at radius 2 is 2.00 bits per heavy atom. The largest absolute Gasteiger partial charge is 0.244 e. The molecule has 0 aliphatic rings. The molecule has 0 amide bonds. The summed E-state index contributed by atoms with van der Waals surface area (Å²) < 4.78 is 25.6. The molecule has 17 heavy (non-hydrogen) atoms. The minimum Gasteiger partial charge on any atom is -0.207 e. The van der Waals surface area contributed by atoms with E-state index >= 15 is 0 Å². The number of nitrogens with zero attached hydrogens (tertiary/aromatic N) is 1. The lowest BCUT2D eigenvalue weighted by Gasteiger charge is -2.17. The Kier molecular flexibility index (Phi) is 5.73. The maximum atomic E-state index is 12.2. The average molecular weight is 361 g/mol. The second kappa shape index (κ2) is 6.38. The summed E-state index contributed by atoms with van der Waals surface area (Å²) in [6.07, 6.45) is 0.730. The van der Waals surface area contributed by atoms with Gasteiger partial charge in [0.2, 0.25) is 10.0 Å². The highest BCUT2D eigenvalue weighted by molar-refractivity contribution is 9.09. The molecule has 0 spiro atoms. The number of benzene rings is 1. The maximum absolute atomic E-state index is 12.2. The van der Waals surface area contributed by atoms with Crippen LogP contribution in [0, 0.1) is 0 Å². The first-order chi connectivity index (χ1) is 7.89. The molecular formula is C10H12BrCl2NO2S. The molecule has 3 nitrogen and oxygen atoms in total. The van der Waals surface area contributed by atoms with Crippen molar-refractivity contribution < 1.29 is 8.42 Å². The van der Waals surface area contributed by atoms with Crippen LogP contribution in [0.5, 0.6) is 0 Å². The van der Waals surface area contributed by atoms with E-state index in [-0.39, 0.29) is 9.92 Å². The van der Waals surface area contributed by atoms with E-state index in [1.807, 2.05) is 0 Å². The van der Waals surface area contributed by atoms with Crippen molar-refractivity contribution in [3.63, 3.8) is 0 Å². The van der Waals surface area contributed by atoms with Gasteiger partial charge in [-0.3, -0.25) is 0 Å². The van der Waals surface area contributed by atoms with Gasteiger partial charge >= 0.3 is 0 Å². The Balaban J connectivity index is 3.08. The first-order valence-electron chi connectivity index (χ1n) is 4.87. The summed E-state index contributed by atoms with van der Waals surface area (Å²) >= 11 is 14.9. The van der Waals surface area contributed by atoms with Gasteiger partial charge in [-0.1, -0.05) is 39.1 Å². The molecule has 0 N–H and O–H groups in total. The van der Waals surface area contributed by atoms with Crippen LogP contribution in [0.4, 0.5) is 0 Å². The normalized spacial score (nSPS) is 12.1. The standard InChI is InChI=1S/C10H12BrCl2NO2S/c1-14(6-2-5-11)17(15,16)10-7-8(12)3-4-9(10)13/h3-4,7H,2,5-6H2,1H3.